The van der Waals surface area contributed by atoms with Crippen LogP contribution in [0.15, 0.2) is 0 Å². The van der Waals surface area contributed by atoms with Crippen molar-refractivity contribution in [2.24, 2.45) is 0 Å². The fraction of sp³-hybridized carbons (Fsp3) is 1.00. The smallest absolute Gasteiger partial charge is 0.0598 e. The number of hydrogen-bond acceptors (Lipinski definition) is 2. The lowest BCUT2D eigenvalue weighted by Gasteiger charge is -2.14. The third-order valence-electron chi connectivity index (χ3n) is 2.05. The van der Waals surface area contributed by atoms with Crippen LogP contribution in [0.2, 0.25) is 0 Å². The summed E-state index contributed by atoms with van der Waals surface area (Å²) < 4.78 is 5.90. The van der Waals surface area contributed by atoms with E-state index in [0.717, 1.165) is 18.5 Å². The zero-order valence-electron chi connectivity index (χ0n) is 5.02. The first kappa shape index (κ1) is 5.12. The standard InChI is InChI=1S/C6H10OS/c1-6-2-3-7-4-5(6)8-6/h5H,2-4H2,1H3. The molecule has 2 atom stereocenters. The second-order valence-corrected chi connectivity index (χ2v) is 4.48. The Morgan fingerprint density at radius 1 is 1.75 bits per heavy atom. The van der Waals surface area contributed by atoms with Crippen LogP contribution in [-0.2, 0) is 4.74 Å². The molecule has 0 N–H and O–H groups in total. The summed E-state index contributed by atoms with van der Waals surface area (Å²) in [7, 11) is 0. The lowest BCUT2D eigenvalue weighted by Crippen LogP contribution is -2.22. The molecule has 2 rings (SSSR count). The number of ether oxygens (including phenoxy) is 1. The highest BCUT2D eigenvalue weighted by molar-refractivity contribution is 8.08. The van der Waals surface area contributed by atoms with Gasteiger partial charge in [-0.25, -0.2) is 0 Å². The summed E-state index contributed by atoms with van der Waals surface area (Å²) >= 11 is 2.08. The Labute approximate surface area is 53.8 Å². The minimum atomic E-state index is 0.637. The highest BCUT2D eigenvalue weighted by Gasteiger charge is 2.52. The van der Waals surface area contributed by atoms with Gasteiger partial charge in [-0.05, 0) is 13.3 Å². The van der Waals surface area contributed by atoms with Crippen LogP contribution >= 0.6 is 11.8 Å². The van der Waals surface area contributed by atoms with E-state index < -0.39 is 0 Å². The molecule has 0 aromatic carbocycles. The molecule has 2 aliphatic rings. The monoisotopic (exact) mass is 130 g/mol. The molecule has 8 heavy (non-hydrogen) atoms. The minimum absolute atomic E-state index is 0.637. The van der Waals surface area contributed by atoms with Crippen molar-refractivity contribution in [3.05, 3.63) is 0 Å². The van der Waals surface area contributed by atoms with Crippen LogP contribution in [0.5, 0.6) is 0 Å². The van der Waals surface area contributed by atoms with Crippen LogP contribution in [-0.4, -0.2) is 23.2 Å². The van der Waals surface area contributed by atoms with Gasteiger partial charge in [0.2, 0.25) is 0 Å². The normalized spacial score (nSPS) is 52.9. The molecule has 0 aromatic heterocycles. The summed E-state index contributed by atoms with van der Waals surface area (Å²) in [4.78, 5) is 0. The van der Waals surface area contributed by atoms with Crippen LogP contribution in [0.3, 0.4) is 0 Å². The minimum Gasteiger partial charge on any atom is -0.380 e. The maximum Gasteiger partial charge on any atom is 0.0598 e. The van der Waals surface area contributed by atoms with E-state index >= 15 is 0 Å². The molecule has 2 fully saturated rings. The van der Waals surface area contributed by atoms with Crippen molar-refractivity contribution in [2.75, 3.05) is 13.2 Å². The average Bonchev–Trinajstić information content (AvgIpc) is 2.39. The van der Waals surface area contributed by atoms with E-state index in [1.165, 1.54) is 6.42 Å². The first-order valence-corrected chi connectivity index (χ1v) is 3.95. The van der Waals surface area contributed by atoms with Crippen LogP contribution in [0.1, 0.15) is 13.3 Å². The topological polar surface area (TPSA) is 9.23 Å². The lowest BCUT2D eigenvalue weighted by atomic mass is 10.0. The third kappa shape index (κ3) is 0.594. The largest absolute Gasteiger partial charge is 0.380 e. The first-order valence-electron chi connectivity index (χ1n) is 3.07. The van der Waals surface area contributed by atoms with Crippen molar-refractivity contribution in [1.29, 1.82) is 0 Å². The molecule has 0 spiro atoms. The second kappa shape index (κ2) is 1.42. The van der Waals surface area contributed by atoms with E-state index in [4.69, 9.17) is 4.74 Å². The van der Waals surface area contributed by atoms with Gasteiger partial charge in [-0.3, -0.25) is 0 Å². The van der Waals surface area contributed by atoms with Gasteiger partial charge in [0.1, 0.15) is 0 Å². The predicted octanol–water partition coefficient (Wildman–Crippen LogP) is 1.28. The summed E-state index contributed by atoms with van der Waals surface area (Å²) in [6.07, 6.45) is 1.27. The van der Waals surface area contributed by atoms with Gasteiger partial charge >= 0.3 is 0 Å². The molecule has 0 aliphatic carbocycles. The van der Waals surface area contributed by atoms with E-state index in [1.807, 2.05) is 0 Å². The number of fused-ring (bicyclic) bond motifs is 1. The maximum atomic E-state index is 5.27. The van der Waals surface area contributed by atoms with Crippen LogP contribution in [0, 0.1) is 0 Å². The van der Waals surface area contributed by atoms with E-state index in [2.05, 4.69) is 18.7 Å². The number of hydrogen-bond donors (Lipinski definition) is 0. The predicted molar refractivity (Wildman–Crippen MR) is 35.2 cm³/mol. The molecule has 2 heterocycles. The summed E-state index contributed by atoms with van der Waals surface area (Å²) in [5.41, 5.74) is 0. The summed E-state index contributed by atoms with van der Waals surface area (Å²) in [5, 5.41) is 0.844. The Bertz CT molecular complexity index is 113. The van der Waals surface area contributed by atoms with Gasteiger partial charge in [0.25, 0.3) is 0 Å². The molecule has 1 nitrogen and oxygen atoms in total. The second-order valence-electron chi connectivity index (χ2n) is 2.74. The van der Waals surface area contributed by atoms with Gasteiger partial charge in [-0.1, -0.05) is 0 Å². The first-order chi connectivity index (χ1) is 3.81. The van der Waals surface area contributed by atoms with E-state index in [0.29, 0.717) is 4.75 Å². The van der Waals surface area contributed by atoms with Crippen molar-refractivity contribution in [1.82, 2.24) is 0 Å². The van der Waals surface area contributed by atoms with Gasteiger partial charge in [0.05, 0.1) is 6.61 Å². The Hall–Kier alpha value is 0.310. The Kier molecular flexibility index (Phi) is 0.910. The molecule has 0 saturated carbocycles. The highest BCUT2D eigenvalue weighted by atomic mass is 32.2. The lowest BCUT2D eigenvalue weighted by molar-refractivity contribution is 0.101. The molecule has 46 valence electrons. The van der Waals surface area contributed by atoms with Crippen molar-refractivity contribution in [2.45, 2.75) is 23.3 Å². The van der Waals surface area contributed by atoms with Crippen molar-refractivity contribution < 1.29 is 4.74 Å². The molecule has 2 saturated heterocycles. The van der Waals surface area contributed by atoms with E-state index in [-0.39, 0.29) is 0 Å². The van der Waals surface area contributed by atoms with Crippen molar-refractivity contribution in [3.8, 4) is 0 Å². The molecule has 0 aromatic rings. The highest BCUT2D eigenvalue weighted by Crippen LogP contribution is 2.57. The van der Waals surface area contributed by atoms with Crippen molar-refractivity contribution >= 4 is 11.8 Å². The zero-order valence-corrected chi connectivity index (χ0v) is 5.83. The Balaban J connectivity index is 2.04. The molecular weight excluding hydrogens is 120 g/mol. The SMILES string of the molecule is CC12CCOCC1S2. The molecule has 2 aliphatic heterocycles. The Morgan fingerprint density at radius 3 is 3.12 bits per heavy atom. The fourth-order valence-corrected chi connectivity index (χ4v) is 2.32. The molecular formula is C6H10OS. The number of thioether (sulfide) groups is 1. The molecule has 0 bridgehead atoms. The maximum absolute atomic E-state index is 5.27. The van der Waals surface area contributed by atoms with Crippen LogP contribution in [0.4, 0.5) is 0 Å². The van der Waals surface area contributed by atoms with Gasteiger partial charge in [0.15, 0.2) is 0 Å². The van der Waals surface area contributed by atoms with Gasteiger partial charge in [0, 0.05) is 16.6 Å². The number of rotatable bonds is 0. The fourth-order valence-electron chi connectivity index (χ4n) is 1.19. The Morgan fingerprint density at radius 2 is 2.62 bits per heavy atom. The van der Waals surface area contributed by atoms with E-state index in [9.17, 15) is 0 Å². The van der Waals surface area contributed by atoms with Gasteiger partial charge in [-0.15, -0.1) is 11.8 Å². The zero-order chi connectivity index (χ0) is 5.61. The summed E-state index contributed by atoms with van der Waals surface area (Å²) in [6, 6.07) is 0. The molecule has 2 heteroatoms. The van der Waals surface area contributed by atoms with Crippen LogP contribution in [0.25, 0.3) is 0 Å². The third-order valence-corrected chi connectivity index (χ3v) is 3.76. The van der Waals surface area contributed by atoms with Crippen molar-refractivity contribution in [3.63, 3.8) is 0 Å². The quantitative estimate of drug-likeness (QED) is 0.457. The average molecular weight is 130 g/mol. The van der Waals surface area contributed by atoms with Gasteiger partial charge in [-0.2, -0.15) is 0 Å². The van der Waals surface area contributed by atoms with Gasteiger partial charge < -0.3 is 4.74 Å². The molecule has 0 amide bonds. The summed E-state index contributed by atoms with van der Waals surface area (Å²) in [6.45, 7) is 4.33. The van der Waals surface area contributed by atoms with Crippen LogP contribution < -0.4 is 0 Å². The van der Waals surface area contributed by atoms with E-state index in [1.54, 1.807) is 0 Å². The molecule has 2 unspecified atom stereocenters. The molecule has 0 radical (unpaired) electrons. The summed E-state index contributed by atoms with van der Waals surface area (Å²) in [5.74, 6) is 0.